The van der Waals surface area contributed by atoms with Gasteiger partial charge in [-0.2, -0.15) is 13.2 Å². The number of anilines is 1. The number of hydrogen-bond acceptors (Lipinski definition) is 3. The van der Waals surface area contributed by atoms with Crippen LogP contribution in [0.5, 0.6) is 0 Å². The second kappa shape index (κ2) is 7.59. The highest BCUT2D eigenvalue weighted by molar-refractivity contribution is 7.92. The highest BCUT2D eigenvalue weighted by Gasteiger charge is 2.30. The van der Waals surface area contributed by atoms with E-state index in [1.54, 1.807) is 6.07 Å². The molecule has 3 aromatic carbocycles. The van der Waals surface area contributed by atoms with Crippen molar-refractivity contribution in [3.8, 4) is 11.1 Å². The van der Waals surface area contributed by atoms with Gasteiger partial charge in [0.25, 0.3) is 10.0 Å². The van der Waals surface area contributed by atoms with Gasteiger partial charge in [-0.25, -0.2) is 13.2 Å². The molecule has 0 aromatic heterocycles. The Balaban J connectivity index is 1.96. The number of carbonyl (C=O) groups is 1. The third-order valence-electron chi connectivity index (χ3n) is 4.05. The maximum Gasteiger partial charge on any atom is 0.416 e. The van der Waals surface area contributed by atoms with Crippen LogP contribution >= 0.6 is 0 Å². The molecule has 0 aliphatic heterocycles. The Kier molecular flexibility index (Phi) is 5.34. The molecular formula is C20H14F3NO4S. The van der Waals surface area contributed by atoms with Crippen LogP contribution < -0.4 is 4.72 Å². The van der Waals surface area contributed by atoms with Crippen molar-refractivity contribution in [2.45, 2.75) is 11.1 Å². The number of nitrogens with one attached hydrogen (secondary N) is 1. The van der Waals surface area contributed by atoms with Gasteiger partial charge in [-0.1, -0.05) is 36.4 Å². The van der Waals surface area contributed by atoms with Gasteiger partial charge in [-0.3, -0.25) is 4.72 Å². The number of benzene rings is 3. The molecule has 0 saturated heterocycles. The van der Waals surface area contributed by atoms with Gasteiger partial charge in [0.05, 0.1) is 11.1 Å². The lowest BCUT2D eigenvalue weighted by Crippen LogP contribution is -2.16. The number of hydrogen-bond donors (Lipinski definition) is 2. The van der Waals surface area contributed by atoms with Crippen molar-refractivity contribution in [3.63, 3.8) is 0 Å². The minimum Gasteiger partial charge on any atom is -0.478 e. The first kappa shape index (κ1) is 20.4. The molecule has 0 saturated carbocycles. The van der Waals surface area contributed by atoms with Gasteiger partial charge in [0, 0.05) is 5.69 Å². The number of alkyl halides is 3. The molecule has 9 heteroatoms. The minimum absolute atomic E-state index is 0.0834. The molecule has 3 aromatic rings. The van der Waals surface area contributed by atoms with E-state index in [0.717, 1.165) is 24.3 Å². The number of halogens is 3. The molecule has 29 heavy (non-hydrogen) atoms. The topological polar surface area (TPSA) is 83.5 Å². The lowest BCUT2D eigenvalue weighted by Gasteiger charge is -2.12. The van der Waals surface area contributed by atoms with E-state index in [0.29, 0.717) is 5.56 Å². The fourth-order valence-corrected chi connectivity index (χ4v) is 3.97. The molecule has 0 amide bonds. The van der Waals surface area contributed by atoms with Gasteiger partial charge < -0.3 is 5.11 Å². The van der Waals surface area contributed by atoms with E-state index in [9.17, 15) is 31.5 Å². The first-order valence-corrected chi connectivity index (χ1v) is 9.69. The predicted molar refractivity (Wildman–Crippen MR) is 101 cm³/mol. The highest BCUT2D eigenvalue weighted by atomic mass is 32.2. The highest BCUT2D eigenvalue weighted by Crippen LogP contribution is 2.33. The molecule has 0 radical (unpaired) electrons. The molecule has 0 spiro atoms. The van der Waals surface area contributed by atoms with Crippen LogP contribution in [-0.2, 0) is 16.2 Å². The van der Waals surface area contributed by atoms with Crippen LogP contribution in [0, 0.1) is 0 Å². The number of carboxylic acids is 1. The molecule has 0 atom stereocenters. The second-order valence-electron chi connectivity index (χ2n) is 6.07. The van der Waals surface area contributed by atoms with E-state index in [1.807, 2.05) is 0 Å². The van der Waals surface area contributed by atoms with Crippen molar-refractivity contribution in [1.29, 1.82) is 0 Å². The Morgan fingerprint density at radius 1 is 0.862 bits per heavy atom. The minimum atomic E-state index is -4.50. The lowest BCUT2D eigenvalue weighted by atomic mass is 10.0. The Hall–Kier alpha value is -3.33. The van der Waals surface area contributed by atoms with Gasteiger partial charge in [0.15, 0.2) is 0 Å². The van der Waals surface area contributed by atoms with Crippen molar-refractivity contribution in [3.05, 3.63) is 83.9 Å². The summed E-state index contributed by atoms with van der Waals surface area (Å²) in [5, 5.41) is 9.20. The van der Waals surface area contributed by atoms with Crippen LogP contribution in [0.2, 0.25) is 0 Å². The molecular weight excluding hydrogens is 407 g/mol. The molecule has 0 heterocycles. The summed E-state index contributed by atoms with van der Waals surface area (Å²) in [6.07, 6.45) is -4.50. The van der Waals surface area contributed by atoms with Crippen LogP contribution in [0.15, 0.2) is 77.7 Å². The van der Waals surface area contributed by atoms with E-state index in [1.165, 1.54) is 42.5 Å². The van der Waals surface area contributed by atoms with Gasteiger partial charge in [0.1, 0.15) is 4.90 Å². The summed E-state index contributed by atoms with van der Waals surface area (Å²) in [5.74, 6) is -1.40. The zero-order valence-electron chi connectivity index (χ0n) is 14.6. The Morgan fingerprint density at radius 3 is 2.14 bits per heavy atom. The Morgan fingerprint density at radius 2 is 1.48 bits per heavy atom. The average Bonchev–Trinajstić information content (AvgIpc) is 2.67. The fraction of sp³-hybridized carbons (Fsp3) is 0.0500. The van der Waals surface area contributed by atoms with E-state index >= 15 is 0 Å². The van der Waals surface area contributed by atoms with Crippen molar-refractivity contribution >= 4 is 21.7 Å². The van der Waals surface area contributed by atoms with Crippen molar-refractivity contribution in [2.24, 2.45) is 0 Å². The smallest absolute Gasteiger partial charge is 0.416 e. The summed E-state index contributed by atoms with van der Waals surface area (Å²) in [6.45, 7) is 0. The molecule has 0 aliphatic carbocycles. The quantitative estimate of drug-likeness (QED) is 0.616. The van der Waals surface area contributed by atoms with Gasteiger partial charge >= 0.3 is 12.1 Å². The van der Waals surface area contributed by atoms with Crippen LogP contribution in [-0.4, -0.2) is 19.5 Å². The van der Waals surface area contributed by atoms with Crippen LogP contribution in [0.25, 0.3) is 11.1 Å². The monoisotopic (exact) mass is 421 g/mol. The summed E-state index contributed by atoms with van der Waals surface area (Å²) >= 11 is 0. The van der Waals surface area contributed by atoms with E-state index in [2.05, 4.69) is 4.72 Å². The van der Waals surface area contributed by atoms with Gasteiger partial charge in [0.2, 0.25) is 0 Å². The van der Waals surface area contributed by atoms with Crippen molar-refractivity contribution < 1.29 is 31.5 Å². The first-order chi connectivity index (χ1) is 13.6. The Labute approximate surface area is 164 Å². The van der Waals surface area contributed by atoms with E-state index in [4.69, 9.17) is 0 Å². The predicted octanol–water partition coefficient (Wildman–Crippen LogP) is 4.87. The SMILES string of the molecule is O=C(O)c1ccccc1S(=O)(=O)Nc1cccc(-c2cccc(C(F)(F)F)c2)c1. The summed E-state index contributed by atoms with van der Waals surface area (Å²) in [6, 6.07) is 15.6. The standard InChI is InChI=1S/C20H14F3NO4S/c21-20(22,23)15-7-3-5-13(11-15)14-6-4-8-16(12-14)24-29(27,28)18-10-2-1-9-17(18)19(25)26/h1-12,24H,(H,25,26). The van der Waals surface area contributed by atoms with Crippen LogP contribution in [0.1, 0.15) is 15.9 Å². The maximum absolute atomic E-state index is 12.9. The summed E-state index contributed by atoms with van der Waals surface area (Å²) in [7, 11) is -4.23. The van der Waals surface area contributed by atoms with E-state index in [-0.39, 0.29) is 11.3 Å². The number of rotatable bonds is 5. The first-order valence-electron chi connectivity index (χ1n) is 8.21. The lowest BCUT2D eigenvalue weighted by molar-refractivity contribution is -0.137. The molecule has 0 unspecified atom stereocenters. The molecule has 0 bridgehead atoms. The summed E-state index contributed by atoms with van der Waals surface area (Å²) in [4.78, 5) is 10.9. The third kappa shape index (κ3) is 4.57. The van der Waals surface area contributed by atoms with Crippen LogP contribution in [0.4, 0.5) is 18.9 Å². The zero-order valence-corrected chi connectivity index (χ0v) is 15.5. The van der Waals surface area contributed by atoms with Crippen molar-refractivity contribution in [1.82, 2.24) is 0 Å². The van der Waals surface area contributed by atoms with Gasteiger partial charge in [-0.05, 0) is 47.5 Å². The van der Waals surface area contributed by atoms with Crippen LogP contribution in [0.3, 0.4) is 0 Å². The fourth-order valence-electron chi connectivity index (χ4n) is 2.73. The summed E-state index contributed by atoms with van der Waals surface area (Å²) < 4.78 is 66.4. The molecule has 0 aliphatic rings. The summed E-state index contributed by atoms with van der Waals surface area (Å²) in [5.41, 5.74) is -0.514. The van der Waals surface area contributed by atoms with Crippen molar-refractivity contribution in [2.75, 3.05) is 4.72 Å². The number of aromatic carboxylic acids is 1. The largest absolute Gasteiger partial charge is 0.478 e. The normalized spacial score (nSPS) is 11.8. The second-order valence-corrected chi connectivity index (χ2v) is 7.72. The zero-order chi connectivity index (χ0) is 21.2. The maximum atomic E-state index is 12.9. The number of sulfonamides is 1. The van der Waals surface area contributed by atoms with Gasteiger partial charge in [-0.15, -0.1) is 0 Å². The third-order valence-corrected chi connectivity index (χ3v) is 5.48. The average molecular weight is 421 g/mol. The Bertz CT molecular complexity index is 1170. The molecule has 0 fully saturated rings. The number of carboxylic acid groups (broad SMARTS) is 1. The molecule has 5 nitrogen and oxygen atoms in total. The molecule has 2 N–H and O–H groups in total. The van der Waals surface area contributed by atoms with E-state index < -0.39 is 38.2 Å². The molecule has 150 valence electrons. The molecule has 3 rings (SSSR count).